The lowest BCUT2D eigenvalue weighted by atomic mass is 9.99. The molecule has 0 bridgehead atoms. The Morgan fingerprint density at radius 2 is 0.788 bits per heavy atom. The summed E-state index contributed by atoms with van der Waals surface area (Å²) in [6.07, 6.45) is 25.1. The SMILES string of the molecule is CCCCCCCCCCC(C)CCOS(=O)(=O)OCCC(C)CCCCCCCCCC. The second kappa shape index (κ2) is 23.6. The van der Waals surface area contributed by atoms with Gasteiger partial charge in [0, 0.05) is 0 Å². The van der Waals surface area contributed by atoms with Gasteiger partial charge in [-0.25, -0.2) is 8.37 Å². The molecule has 0 aromatic heterocycles. The Hall–Kier alpha value is -0.130. The van der Waals surface area contributed by atoms with E-state index in [9.17, 15) is 8.42 Å². The van der Waals surface area contributed by atoms with Crippen LogP contribution in [-0.4, -0.2) is 21.6 Å². The summed E-state index contributed by atoms with van der Waals surface area (Å²) < 4.78 is 34.1. The molecule has 2 unspecified atom stereocenters. The fourth-order valence-corrected chi connectivity index (χ4v) is 4.95. The fraction of sp³-hybridized carbons (Fsp3) is 1.00. The molecule has 0 rings (SSSR count). The molecule has 0 amide bonds. The molecule has 0 fully saturated rings. The van der Waals surface area contributed by atoms with Crippen LogP contribution in [0.1, 0.15) is 156 Å². The zero-order valence-electron chi connectivity index (χ0n) is 22.8. The monoisotopic (exact) mass is 490 g/mol. The van der Waals surface area contributed by atoms with Gasteiger partial charge in [-0.15, -0.1) is 0 Å². The topological polar surface area (TPSA) is 52.6 Å². The van der Waals surface area contributed by atoms with Gasteiger partial charge in [0.1, 0.15) is 0 Å². The minimum atomic E-state index is -3.85. The molecule has 0 aliphatic rings. The van der Waals surface area contributed by atoms with Crippen molar-refractivity contribution in [3.63, 3.8) is 0 Å². The molecule has 4 nitrogen and oxygen atoms in total. The smallest absolute Gasteiger partial charge is 0.248 e. The second-order valence-corrected chi connectivity index (χ2v) is 11.7. The van der Waals surface area contributed by atoms with Crippen molar-refractivity contribution >= 4 is 10.4 Å². The predicted octanol–water partition coefficient (Wildman–Crippen LogP) is 9.38. The average molecular weight is 491 g/mol. The maximum absolute atomic E-state index is 12.0. The van der Waals surface area contributed by atoms with E-state index < -0.39 is 10.4 Å². The third-order valence-corrected chi connectivity index (χ3v) is 7.69. The van der Waals surface area contributed by atoms with Gasteiger partial charge >= 0.3 is 10.4 Å². The Morgan fingerprint density at radius 3 is 1.12 bits per heavy atom. The first-order valence-corrected chi connectivity index (χ1v) is 15.8. The first kappa shape index (κ1) is 32.9. The number of hydrogen-bond donors (Lipinski definition) is 0. The Balaban J connectivity index is 3.60. The van der Waals surface area contributed by atoms with E-state index in [0.29, 0.717) is 11.8 Å². The molecule has 0 heterocycles. The van der Waals surface area contributed by atoms with E-state index in [1.54, 1.807) is 0 Å². The first-order chi connectivity index (χ1) is 15.9. The van der Waals surface area contributed by atoms with Crippen LogP contribution in [0.5, 0.6) is 0 Å². The third-order valence-electron chi connectivity index (χ3n) is 6.78. The molecule has 33 heavy (non-hydrogen) atoms. The van der Waals surface area contributed by atoms with Crippen molar-refractivity contribution in [1.82, 2.24) is 0 Å². The van der Waals surface area contributed by atoms with Gasteiger partial charge < -0.3 is 0 Å². The van der Waals surface area contributed by atoms with Crippen LogP contribution in [-0.2, 0) is 18.8 Å². The lowest BCUT2D eigenvalue weighted by Gasteiger charge is -2.13. The van der Waals surface area contributed by atoms with Gasteiger partial charge in [-0.3, -0.25) is 0 Å². The summed E-state index contributed by atoms with van der Waals surface area (Å²) in [5.41, 5.74) is 0. The largest absolute Gasteiger partial charge is 0.399 e. The van der Waals surface area contributed by atoms with Crippen molar-refractivity contribution in [3.05, 3.63) is 0 Å². The quantitative estimate of drug-likeness (QED) is 0.113. The van der Waals surface area contributed by atoms with Crippen LogP contribution in [0.3, 0.4) is 0 Å². The van der Waals surface area contributed by atoms with Gasteiger partial charge in [-0.1, -0.05) is 143 Å². The molecular weight excluding hydrogens is 432 g/mol. The molecule has 0 aromatic rings. The maximum Gasteiger partial charge on any atom is 0.399 e. The van der Waals surface area contributed by atoms with E-state index in [-0.39, 0.29) is 13.2 Å². The van der Waals surface area contributed by atoms with Crippen molar-refractivity contribution < 1.29 is 16.8 Å². The Labute approximate surface area is 208 Å². The van der Waals surface area contributed by atoms with Crippen molar-refractivity contribution in [3.8, 4) is 0 Å². The van der Waals surface area contributed by atoms with Crippen LogP contribution in [0.4, 0.5) is 0 Å². The van der Waals surface area contributed by atoms with Crippen LogP contribution in [0.2, 0.25) is 0 Å². The molecule has 0 spiro atoms. The predicted molar refractivity (Wildman–Crippen MR) is 143 cm³/mol. The molecule has 0 radical (unpaired) electrons. The number of hydrogen-bond acceptors (Lipinski definition) is 4. The van der Waals surface area contributed by atoms with Crippen LogP contribution in [0.25, 0.3) is 0 Å². The highest BCUT2D eigenvalue weighted by molar-refractivity contribution is 7.81. The first-order valence-electron chi connectivity index (χ1n) is 14.4. The Kier molecular flexibility index (Phi) is 23.5. The summed E-state index contributed by atoms with van der Waals surface area (Å²) >= 11 is 0. The van der Waals surface area contributed by atoms with E-state index in [4.69, 9.17) is 8.37 Å². The van der Waals surface area contributed by atoms with E-state index in [0.717, 1.165) is 25.7 Å². The van der Waals surface area contributed by atoms with Gasteiger partial charge in [0.25, 0.3) is 0 Å². The summed E-state index contributed by atoms with van der Waals surface area (Å²) in [5, 5.41) is 0. The zero-order valence-corrected chi connectivity index (χ0v) is 23.6. The van der Waals surface area contributed by atoms with Gasteiger partial charge in [-0.05, 0) is 24.7 Å². The standard InChI is InChI=1S/C28H58O4S/c1-5-7-9-11-13-15-17-19-21-27(3)23-25-31-33(29,30)32-26-24-28(4)22-20-18-16-14-12-10-8-6-2/h27-28H,5-26H2,1-4H3. The molecule has 200 valence electrons. The Morgan fingerprint density at radius 1 is 0.485 bits per heavy atom. The highest BCUT2D eigenvalue weighted by Gasteiger charge is 2.14. The lowest BCUT2D eigenvalue weighted by Crippen LogP contribution is -2.14. The highest BCUT2D eigenvalue weighted by atomic mass is 32.3. The van der Waals surface area contributed by atoms with Crippen LogP contribution in [0.15, 0.2) is 0 Å². The van der Waals surface area contributed by atoms with Crippen molar-refractivity contribution in [2.75, 3.05) is 13.2 Å². The average Bonchev–Trinajstić information content (AvgIpc) is 2.77. The van der Waals surface area contributed by atoms with Gasteiger partial charge in [-0.2, -0.15) is 8.42 Å². The fourth-order valence-electron chi connectivity index (χ4n) is 4.28. The lowest BCUT2D eigenvalue weighted by molar-refractivity contribution is 0.193. The minimum Gasteiger partial charge on any atom is -0.248 e. The van der Waals surface area contributed by atoms with E-state index in [2.05, 4.69) is 27.7 Å². The van der Waals surface area contributed by atoms with Gasteiger partial charge in [0.2, 0.25) is 0 Å². The molecule has 0 aliphatic heterocycles. The maximum atomic E-state index is 12.0. The molecule has 0 aromatic carbocycles. The third kappa shape index (κ3) is 24.8. The van der Waals surface area contributed by atoms with Crippen LogP contribution in [0, 0.1) is 11.8 Å². The second-order valence-electron chi connectivity index (χ2n) is 10.4. The van der Waals surface area contributed by atoms with Crippen molar-refractivity contribution in [2.24, 2.45) is 11.8 Å². The molecule has 0 N–H and O–H groups in total. The summed E-state index contributed by atoms with van der Waals surface area (Å²) in [7, 11) is -3.85. The van der Waals surface area contributed by atoms with Gasteiger partial charge in [0.15, 0.2) is 0 Å². The van der Waals surface area contributed by atoms with Crippen LogP contribution < -0.4 is 0 Å². The molecule has 0 aliphatic carbocycles. The molecule has 5 heteroatoms. The molecular formula is C28H58O4S. The summed E-state index contributed by atoms with van der Waals surface area (Å²) in [5.74, 6) is 0.985. The number of unbranched alkanes of at least 4 members (excludes halogenated alkanes) is 14. The molecule has 0 saturated carbocycles. The van der Waals surface area contributed by atoms with E-state index >= 15 is 0 Å². The minimum absolute atomic E-state index is 0.230. The highest BCUT2D eigenvalue weighted by Crippen LogP contribution is 2.17. The van der Waals surface area contributed by atoms with E-state index in [1.165, 1.54) is 103 Å². The Bertz CT molecular complexity index is 454. The van der Waals surface area contributed by atoms with Crippen molar-refractivity contribution in [2.45, 2.75) is 156 Å². The van der Waals surface area contributed by atoms with E-state index in [1.807, 2.05) is 0 Å². The summed E-state index contributed by atoms with van der Waals surface area (Å²) in [4.78, 5) is 0. The number of rotatable bonds is 26. The normalized spacial score (nSPS) is 13.9. The summed E-state index contributed by atoms with van der Waals surface area (Å²) in [6.45, 7) is 9.34. The van der Waals surface area contributed by atoms with Crippen LogP contribution >= 0.6 is 0 Å². The molecule has 0 saturated heterocycles. The summed E-state index contributed by atoms with van der Waals surface area (Å²) in [6, 6.07) is 0. The zero-order chi connectivity index (χ0) is 24.6. The molecule has 2 atom stereocenters. The van der Waals surface area contributed by atoms with Gasteiger partial charge in [0.05, 0.1) is 13.2 Å². The van der Waals surface area contributed by atoms with Crippen molar-refractivity contribution in [1.29, 1.82) is 0 Å².